The van der Waals surface area contributed by atoms with Crippen LogP contribution in [-0.4, -0.2) is 48.6 Å². The number of carbonyl (C=O) groups excluding carboxylic acids is 1. The summed E-state index contributed by atoms with van der Waals surface area (Å²) in [7, 11) is 2.12. The Labute approximate surface area is 153 Å². The number of likely N-dealkylation sites (tertiary alicyclic amines) is 1. The minimum absolute atomic E-state index is 0.135. The Balaban J connectivity index is 1.44. The number of carbonyl (C=O) groups is 1. The van der Waals surface area contributed by atoms with E-state index in [1.54, 1.807) is 18.3 Å². The van der Waals surface area contributed by atoms with Gasteiger partial charge in [-0.1, -0.05) is 6.07 Å². The predicted molar refractivity (Wildman–Crippen MR) is 99.0 cm³/mol. The van der Waals surface area contributed by atoms with E-state index in [0.717, 1.165) is 43.7 Å². The third-order valence-electron chi connectivity index (χ3n) is 4.93. The molecule has 2 aromatic rings. The van der Waals surface area contributed by atoms with E-state index in [2.05, 4.69) is 22.2 Å². The molecule has 0 aliphatic carbocycles. The van der Waals surface area contributed by atoms with Crippen molar-refractivity contribution < 1.29 is 14.3 Å². The quantitative estimate of drug-likeness (QED) is 0.916. The fourth-order valence-electron chi connectivity index (χ4n) is 3.46. The molecule has 0 radical (unpaired) electrons. The molecule has 0 saturated carbocycles. The highest BCUT2D eigenvalue weighted by Gasteiger charge is 2.21. The standard InChI is InChI=1S/C20H23N3O3/c1-23-10-6-15(7-11-23)26-19-13-14(5-9-21-19)22-20(24)17-3-2-4-18-16(17)8-12-25-18/h2-5,9,13,15H,6-8,10-12H2,1H3,(H,21,22,24). The Morgan fingerprint density at radius 2 is 2.15 bits per heavy atom. The summed E-state index contributed by atoms with van der Waals surface area (Å²) in [6, 6.07) is 9.15. The number of fused-ring (bicyclic) bond motifs is 1. The second-order valence-electron chi connectivity index (χ2n) is 6.84. The third kappa shape index (κ3) is 3.65. The maximum absolute atomic E-state index is 12.7. The average molecular weight is 353 g/mol. The molecule has 1 aromatic heterocycles. The van der Waals surface area contributed by atoms with Gasteiger partial charge >= 0.3 is 0 Å². The van der Waals surface area contributed by atoms with E-state index in [0.29, 0.717) is 23.7 Å². The molecular formula is C20H23N3O3. The Kier molecular flexibility index (Phi) is 4.75. The zero-order chi connectivity index (χ0) is 17.9. The van der Waals surface area contributed by atoms with E-state index in [1.807, 2.05) is 18.2 Å². The van der Waals surface area contributed by atoms with Crippen LogP contribution in [-0.2, 0) is 6.42 Å². The van der Waals surface area contributed by atoms with Gasteiger partial charge in [0.15, 0.2) is 0 Å². The molecule has 3 heterocycles. The van der Waals surface area contributed by atoms with Crippen molar-refractivity contribution in [2.75, 3.05) is 32.1 Å². The molecule has 1 fully saturated rings. The molecule has 6 heteroatoms. The minimum Gasteiger partial charge on any atom is -0.493 e. The third-order valence-corrected chi connectivity index (χ3v) is 4.93. The number of hydrogen-bond acceptors (Lipinski definition) is 5. The van der Waals surface area contributed by atoms with Gasteiger partial charge in [-0.2, -0.15) is 0 Å². The van der Waals surface area contributed by atoms with Crippen LogP contribution in [0.1, 0.15) is 28.8 Å². The number of amides is 1. The van der Waals surface area contributed by atoms with Crippen LogP contribution in [0, 0.1) is 0 Å². The molecule has 1 saturated heterocycles. The summed E-state index contributed by atoms with van der Waals surface area (Å²) in [6.45, 7) is 2.69. The molecular weight excluding hydrogens is 330 g/mol. The largest absolute Gasteiger partial charge is 0.493 e. The van der Waals surface area contributed by atoms with Gasteiger partial charge in [-0.15, -0.1) is 0 Å². The van der Waals surface area contributed by atoms with Gasteiger partial charge < -0.3 is 19.7 Å². The lowest BCUT2D eigenvalue weighted by Crippen LogP contribution is -2.35. The van der Waals surface area contributed by atoms with E-state index in [4.69, 9.17) is 9.47 Å². The first-order chi connectivity index (χ1) is 12.7. The van der Waals surface area contributed by atoms with E-state index >= 15 is 0 Å². The van der Waals surface area contributed by atoms with Crippen molar-refractivity contribution in [3.05, 3.63) is 47.7 Å². The van der Waals surface area contributed by atoms with E-state index in [9.17, 15) is 4.79 Å². The van der Waals surface area contributed by atoms with Gasteiger partial charge in [0.1, 0.15) is 11.9 Å². The van der Waals surface area contributed by atoms with Crippen LogP contribution in [0.15, 0.2) is 36.5 Å². The zero-order valence-electron chi connectivity index (χ0n) is 14.9. The van der Waals surface area contributed by atoms with Crippen LogP contribution in [0.3, 0.4) is 0 Å². The van der Waals surface area contributed by atoms with Crippen molar-refractivity contribution in [2.45, 2.75) is 25.4 Å². The van der Waals surface area contributed by atoms with Crippen molar-refractivity contribution in [2.24, 2.45) is 0 Å². The molecule has 2 aliphatic heterocycles. The number of pyridine rings is 1. The van der Waals surface area contributed by atoms with Crippen molar-refractivity contribution in [1.82, 2.24) is 9.88 Å². The highest BCUT2D eigenvalue weighted by atomic mass is 16.5. The normalized spacial score (nSPS) is 17.4. The molecule has 136 valence electrons. The molecule has 6 nitrogen and oxygen atoms in total. The molecule has 26 heavy (non-hydrogen) atoms. The van der Waals surface area contributed by atoms with Crippen LogP contribution >= 0.6 is 0 Å². The van der Waals surface area contributed by atoms with Crippen LogP contribution in [0.4, 0.5) is 5.69 Å². The van der Waals surface area contributed by atoms with Crippen molar-refractivity contribution in [3.63, 3.8) is 0 Å². The maximum Gasteiger partial charge on any atom is 0.256 e. The van der Waals surface area contributed by atoms with Gasteiger partial charge in [0.05, 0.1) is 6.61 Å². The topological polar surface area (TPSA) is 63.7 Å². The number of ether oxygens (including phenoxy) is 2. The number of hydrogen-bond donors (Lipinski definition) is 1. The smallest absolute Gasteiger partial charge is 0.256 e. The molecule has 2 aliphatic rings. The van der Waals surface area contributed by atoms with Crippen LogP contribution in [0.5, 0.6) is 11.6 Å². The van der Waals surface area contributed by atoms with Gasteiger partial charge in [-0.05, 0) is 38.1 Å². The zero-order valence-corrected chi connectivity index (χ0v) is 14.9. The second-order valence-corrected chi connectivity index (χ2v) is 6.84. The lowest BCUT2D eigenvalue weighted by molar-refractivity contribution is 0.102. The SMILES string of the molecule is CN1CCC(Oc2cc(NC(=O)c3cccc4c3CCO4)ccn2)CC1. The molecule has 0 unspecified atom stereocenters. The molecule has 0 atom stereocenters. The Morgan fingerprint density at radius 1 is 1.31 bits per heavy atom. The number of nitrogens with one attached hydrogen (secondary N) is 1. The summed E-state index contributed by atoms with van der Waals surface area (Å²) in [5.74, 6) is 1.22. The summed E-state index contributed by atoms with van der Waals surface area (Å²) in [6.07, 6.45) is 4.59. The van der Waals surface area contributed by atoms with Gasteiger partial charge in [-0.25, -0.2) is 4.98 Å². The van der Waals surface area contributed by atoms with Gasteiger partial charge in [0.25, 0.3) is 5.91 Å². The number of nitrogens with zero attached hydrogens (tertiary/aromatic N) is 2. The van der Waals surface area contributed by atoms with Gasteiger partial charge in [-0.3, -0.25) is 4.79 Å². The number of anilines is 1. The first kappa shape index (κ1) is 16.8. The highest BCUT2D eigenvalue weighted by Crippen LogP contribution is 2.29. The first-order valence-corrected chi connectivity index (χ1v) is 9.06. The van der Waals surface area contributed by atoms with E-state index < -0.39 is 0 Å². The number of benzene rings is 1. The Bertz CT molecular complexity index is 801. The molecule has 1 amide bonds. The van der Waals surface area contributed by atoms with E-state index in [-0.39, 0.29) is 12.0 Å². The summed E-state index contributed by atoms with van der Waals surface area (Å²) in [5.41, 5.74) is 2.32. The highest BCUT2D eigenvalue weighted by molar-refractivity contribution is 6.05. The number of aromatic nitrogens is 1. The van der Waals surface area contributed by atoms with Gasteiger partial charge in [0.2, 0.25) is 5.88 Å². The lowest BCUT2D eigenvalue weighted by atomic mass is 10.0. The van der Waals surface area contributed by atoms with Crippen molar-refractivity contribution in [1.29, 1.82) is 0 Å². The average Bonchev–Trinajstić information content (AvgIpc) is 3.12. The van der Waals surface area contributed by atoms with Crippen LogP contribution in [0.25, 0.3) is 0 Å². The Hall–Kier alpha value is -2.60. The molecule has 0 spiro atoms. The molecule has 1 aromatic carbocycles. The summed E-state index contributed by atoms with van der Waals surface area (Å²) >= 11 is 0. The summed E-state index contributed by atoms with van der Waals surface area (Å²) < 4.78 is 11.5. The fraction of sp³-hybridized carbons (Fsp3) is 0.400. The Morgan fingerprint density at radius 3 is 3.00 bits per heavy atom. The lowest BCUT2D eigenvalue weighted by Gasteiger charge is -2.28. The van der Waals surface area contributed by atoms with E-state index in [1.165, 1.54) is 0 Å². The minimum atomic E-state index is -0.135. The second kappa shape index (κ2) is 7.33. The molecule has 0 bridgehead atoms. The maximum atomic E-state index is 12.7. The molecule has 4 rings (SSSR count). The van der Waals surface area contributed by atoms with Crippen molar-refractivity contribution in [3.8, 4) is 11.6 Å². The molecule has 1 N–H and O–H groups in total. The number of piperidine rings is 1. The first-order valence-electron chi connectivity index (χ1n) is 9.06. The van der Waals surface area contributed by atoms with Crippen LogP contribution in [0.2, 0.25) is 0 Å². The van der Waals surface area contributed by atoms with Crippen molar-refractivity contribution >= 4 is 11.6 Å². The summed E-state index contributed by atoms with van der Waals surface area (Å²) in [4.78, 5) is 19.3. The van der Waals surface area contributed by atoms with Crippen LogP contribution < -0.4 is 14.8 Å². The van der Waals surface area contributed by atoms with Gasteiger partial charge in [0, 0.05) is 48.6 Å². The predicted octanol–water partition coefficient (Wildman–Crippen LogP) is 2.74. The summed E-state index contributed by atoms with van der Waals surface area (Å²) in [5, 5.41) is 2.95. The number of rotatable bonds is 4. The monoisotopic (exact) mass is 353 g/mol. The fourth-order valence-corrected chi connectivity index (χ4v) is 3.46.